The second kappa shape index (κ2) is 6.95. The quantitative estimate of drug-likeness (QED) is 0.403. The fourth-order valence-corrected chi connectivity index (χ4v) is 1.39. The molecule has 0 heterocycles. The van der Waals surface area contributed by atoms with Crippen molar-refractivity contribution in [3.8, 4) is 0 Å². The minimum atomic E-state index is -2.41. The zero-order chi connectivity index (χ0) is 15.3. The summed E-state index contributed by atoms with van der Waals surface area (Å²) in [5, 5.41) is 26.4. The third-order valence-corrected chi connectivity index (χ3v) is 2.35. The minimum absolute atomic E-state index is 0.431. The monoisotopic (exact) mass is 276 g/mol. The van der Waals surface area contributed by atoms with Crippen molar-refractivity contribution >= 4 is 23.7 Å². The second-order valence-corrected chi connectivity index (χ2v) is 4.30. The van der Waals surface area contributed by atoms with Gasteiger partial charge in [0.05, 0.1) is 0 Å². The summed E-state index contributed by atoms with van der Waals surface area (Å²) in [5.41, 5.74) is 0. The normalized spacial score (nSPS) is 15.5. The number of aliphatic carboxylic acids is 1. The number of rotatable bonds is 6. The van der Waals surface area contributed by atoms with Gasteiger partial charge in [0.25, 0.3) is 0 Å². The van der Waals surface area contributed by atoms with E-state index in [4.69, 9.17) is 15.3 Å². The molecule has 0 aromatic carbocycles. The third kappa shape index (κ3) is 4.76. The molecule has 0 saturated carbocycles. The fraction of sp³-hybridized carbons (Fsp3) is 0.636. The molecular weight excluding hydrogens is 260 g/mol. The van der Waals surface area contributed by atoms with Crippen LogP contribution in [0.1, 0.15) is 20.8 Å². The average Bonchev–Trinajstić information content (AvgIpc) is 2.25. The molecule has 3 N–H and O–H groups in total. The fourth-order valence-electron chi connectivity index (χ4n) is 1.39. The van der Waals surface area contributed by atoms with E-state index in [2.05, 4.69) is 4.74 Å². The molecule has 0 amide bonds. The number of aliphatic hydroxyl groups excluding tert-OH is 2. The first-order valence-corrected chi connectivity index (χ1v) is 5.44. The van der Waals surface area contributed by atoms with Crippen molar-refractivity contribution in [2.45, 2.75) is 33.0 Å². The van der Waals surface area contributed by atoms with Crippen molar-refractivity contribution in [2.75, 3.05) is 0 Å². The first-order valence-electron chi connectivity index (χ1n) is 5.44. The van der Waals surface area contributed by atoms with Crippen LogP contribution in [0.4, 0.5) is 0 Å². The van der Waals surface area contributed by atoms with Crippen LogP contribution < -0.4 is 0 Å². The molecule has 8 heteroatoms. The maximum Gasteiger partial charge on any atom is 0.346 e. The molecule has 0 saturated heterocycles. The molecule has 0 aliphatic heterocycles. The summed E-state index contributed by atoms with van der Waals surface area (Å²) >= 11 is 0. The summed E-state index contributed by atoms with van der Waals surface area (Å²) in [6.45, 7) is 4.25. The Balaban J connectivity index is 4.77. The van der Waals surface area contributed by atoms with Crippen LogP contribution in [0.3, 0.4) is 0 Å². The Labute approximate surface area is 109 Å². The molecule has 0 radical (unpaired) electrons. The molecule has 0 bridgehead atoms. The Bertz CT molecular complexity index is 386. The number of carbonyl (C=O) groups excluding carboxylic acids is 3. The van der Waals surface area contributed by atoms with Gasteiger partial charge in [0.2, 0.25) is 0 Å². The van der Waals surface area contributed by atoms with Crippen LogP contribution in [0.15, 0.2) is 0 Å². The van der Waals surface area contributed by atoms with Gasteiger partial charge < -0.3 is 20.1 Å². The van der Waals surface area contributed by atoms with E-state index in [1.54, 1.807) is 13.8 Å². The van der Waals surface area contributed by atoms with Gasteiger partial charge in [-0.05, 0) is 12.8 Å². The van der Waals surface area contributed by atoms with Crippen LogP contribution in [0, 0.1) is 11.8 Å². The van der Waals surface area contributed by atoms with Gasteiger partial charge in [0, 0.05) is 0 Å². The number of esters is 2. The van der Waals surface area contributed by atoms with Crippen LogP contribution in [-0.4, -0.2) is 51.2 Å². The van der Waals surface area contributed by atoms with Crippen molar-refractivity contribution in [3.05, 3.63) is 0 Å². The van der Waals surface area contributed by atoms with Crippen LogP contribution in [0.5, 0.6) is 0 Å². The topological polar surface area (TPSA) is 138 Å². The molecule has 19 heavy (non-hydrogen) atoms. The molecule has 0 fully saturated rings. The Morgan fingerprint density at radius 2 is 1.42 bits per heavy atom. The Morgan fingerprint density at radius 3 is 1.74 bits per heavy atom. The van der Waals surface area contributed by atoms with Crippen LogP contribution in [-0.2, 0) is 23.9 Å². The first-order chi connectivity index (χ1) is 8.59. The predicted octanol–water partition coefficient (Wildman–Crippen LogP) is -1.28. The number of ketones is 1. The largest absolute Gasteiger partial charge is 0.479 e. The number of hydrogen-bond acceptors (Lipinski definition) is 7. The molecule has 0 aromatic heterocycles. The smallest absolute Gasteiger partial charge is 0.346 e. The lowest BCUT2D eigenvalue weighted by molar-refractivity contribution is -0.178. The number of carbonyl (C=O) groups is 4. The summed E-state index contributed by atoms with van der Waals surface area (Å²) in [5.74, 6) is -6.81. The number of carboxylic acid groups (broad SMARTS) is 1. The van der Waals surface area contributed by atoms with Gasteiger partial charge >= 0.3 is 17.9 Å². The van der Waals surface area contributed by atoms with Crippen molar-refractivity contribution < 1.29 is 39.2 Å². The number of hydrogen-bond donors (Lipinski definition) is 3. The summed E-state index contributed by atoms with van der Waals surface area (Å²) < 4.78 is 4.20. The highest BCUT2D eigenvalue weighted by Gasteiger charge is 2.36. The van der Waals surface area contributed by atoms with Gasteiger partial charge in [-0.15, -0.1) is 0 Å². The lowest BCUT2D eigenvalue weighted by atomic mass is 9.92. The van der Waals surface area contributed by atoms with E-state index in [1.165, 1.54) is 0 Å². The van der Waals surface area contributed by atoms with E-state index in [9.17, 15) is 19.2 Å². The maximum atomic E-state index is 11.5. The molecule has 0 aliphatic rings. The summed E-state index contributed by atoms with van der Waals surface area (Å²) in [6.07, 6.45) is -4.81. The Hall–Kier alpha value is -1.80. The SMILES string of the molecule is CC(=O)C(C(=O)OC(=O)C(O)C(O)C(=O)O)C(C)C. The van der Waals surface area contributed by atoms with E-state index in [0.717, 1.165) is 6.92 Å². The zero-order valence-corrected chi connectivity index (χ0v) is 10.7. The van der Waals surface area contributed by atoms with Crippen LogP contribution in [0.2, 0.25) is 0 Å². The van der Waals surface area contributed by atoms with Crippen LogP contribution in [0.25, 0.3) is 0 Å². The Morgan fingerprint density at radius 1 is 0.947 bits per heavy atom. The molecule has 0 aliphatic carbocycles. The number of carboxylic acids is 1. The molecule has 3 unspecified atom stereocenters. The first kappa shape index (κ1) is 17.2. The maximum absolute atomic E-state index is 11.5. The lowest BCUT2D eigenvalue weighted by Gasteiger charge is -2.17. The highest BCUT2D eigenvalue weighted by atomic mass is 16.6. The van der Waals surface area contributed by atoms with Crippen molar-refractivity contribution in [1.82, 2.24) is 0 Å². The number of aliphatic hydroxyl groups is 2. The average molecular weight is 276 g/mol. The predicted molar refractivity (Wildman–Crippen MR) is 59.8 cm³/mol. The molecule has 108 valence electrons. The van der Waals surface area contributed by atoms with Gasteiger partial charge in [-0.1, -0.05) is 13.8 Å². The number of ether oxygens (including phenoxy) is 1. The molecule has 8 nitrogen and oxygen atoms in total. The zero-order valence-electron chi connectivity index (χ0n) is 10.7. The molecule has 0 aromatic rings. The van der Waals surface area contributed by atoms with Gasteiger partial charge in [-0.25, -0.2) is 9.59 Å². The second-order valence-electron chi connectivity index (χ2n) is 4.30. The van der Waals surface area contributed by atoms with Crippen molar-refractivity contribution in [2.24, 2.45) is 11.8 Å². The van der Waals surface area contributed by atoms with Crippen molar-refractivity contribution in [1.29, 1.82) is 0 Å². The van der Waals surface area contributed by atoms with Gasteiger partial charge in [-0.2, -0.15) is 0 Å². The Kier molecular flexibility index (Phi) is 6.30. The highest BCUT2D eigenvalue weighted by molar-refractivity contribution is 6.02. The summed E-state index contributed by atoms with van der Waals surface area (Å²) in [7, 11) is 0. The summed E-state index contributed by atoms with van der Waals surface area (Å²) in [6, 6.07) is 0. The van der Waals surface area contributed by atoms with Gasteiger partial charge in [0.1, 0.15) is 11.7 Å². The third-order valence-electron chi connectivity index (χ3n) is 2.35. The minimum Gasteiger partial charge on any atom is -0.479 e. The molecule has 0 spiro atoms. The van der Waals surface area contributed by atoms with E-state index in [-0.39, 0.29) is 0 Å². The standard InChI is InChI=1S/C11H16O8/c1-4(2)6(5(3)12)10(17)19-11(18)8(14)7(13)9(15)16/h4,6-8,13-14H,1-3H3,(H,15,16). The van der Waals surface area contributed by atoms with Gasteiger partial charge in [-0.3, -0.25) is 9.59 Å². The van der Waals surface area contributed by atoms with Gasteiger partial charge in [0.15, 0.2) is 12.2 Å². The lowest BCUT2D eigenvalue weighted by Crippen LogP contribution is -2.42. The van der Waals surface area contributed by atoms with E-state index in [1.807, 2.05) is 0 Å². The van der Waals surface area contributed by atoms with E-state index >= 15 is 0 Å². The summed E-state index contributed by atoms with van der Waals surface area (Å²) in [4.78, 5) is 44.3. The molecular formula is C11H16O8. The number of Topliss-reactive ketones (excluding diaryl/α,β-unsaturated/α-hetero) is 1. The molecule has 0 rings (SSSR count). The van der Waals surface area contributed by atoms with E-state index < -0.39 is 47.7 Å². The van der Waals surface area contributed by atoms with E-state index in [0.29, 0.717) is 0 Å². The molecule has 3 atom stereocenters. The van der Waals surface area contributed by atoms with Crippen LogP contribution >= 0.6 is 0 Å². The van der Waals surface area contributed by atoms with Crippen molar-refractivity contribution in [3.63, 3.8) is 0 Å². The highest BCUT2D eigenvalue weighted by Crippen LogP contribution is 2.14.